The number of rotatable bonds is 1. The molecule has 0 aliphatic rings. The summed E-state index contributed by atoms with van der Waals surface area (Å²) >= 11 is 0. The second-order valence-electron chi connectivity index (χ2n) is 3.52. The first-order chi connectivity index (χ1) is 7.20. The van der Waals surface area contributed by atoms with Crippen LogP contribution in [0.15, 0.2) is 30.5 Å². The highest BCUT2D eigenvalue weighted by Crippen LogP contribution is 2.12. The Labute approximate surface area is 88.6 Å². The van der Waals surface area contributed by atoms with Crippen LogP contribution in [0.25, 0.3) is 5.69 Å². The van der Waals surface area contributed by atoms with Crippen molar-refractivity contribution in [2.75, 3.05) is 0 Å². The Balaban J connectivity index is 2.51. The van der Waals surface area contributed by atoms with Gasteiger partial charge in [0.05, 0.1) is 16.9 Å². The van der Waals surface area contributed by atoms with Crippen LogP contribution in [0.4, 0.5) is 0 Å². The van der Waals surface area contributed by atoms with Gasteiger partial charge in [-0.1, -0.05) is 12.1 Å². The van der Waals surface area contributed by atoms with Crippen LogP contribution in [0.1, 0.15) is 16.8 Å². The molecule has 0 saturated heterocycles. The van der Waals surface area contributed by atoms with Crippen LogP contribution in [-0.2, 0) is 0 Å². The zero-order chi connectivity index (χ0) is 10.8. The van der Waals surface area contributed by atoms with Crippen molar-refractivity contribution in [3.05, 3.63) is 47.3 Å². The van der Waals surface area contributed by atoms with Gasteiger partial charge in [-0.15, -0.1) is 0 Å². The number of hydrogen-bond acceptors (Lipinski definition) is 2. The number of aryl methyl sites for hydroxylation is 2. The predicted octanol–water partition coefficient (Wildman–Crippen LogP) is 2.36. The Morgan fingerprint density at radius 1 is 1.33 bits per heavy atom. The number of hydrogen-bond donors (Lipinski definition) is 0. The van der Waals surface area contributed by atoms with Gasteiger partial charge in [0.15, 0.2) is 0 Å². The zero-order valence-electron chi connectivity index (χ0n) is 8.73. The monoisotopic (exact) mass is 197 g/mol. The molecular formula is C12H11N3. The van der Waals surface area contributed by atoms with Crippen LogP contribution < -0.4 is 0 Å². The maximum atomic E-state index is 8.83. The first-order valence-electron chi connectivity index (χ1n) is 4.74. The Bertz CT molecular complexity index is 532. The van der Waals surface area contributed by atoms with Gasteiger partial charge in [0, 0.05) is 6.20 Å². The molecule has 0 atom stereocenters. The third kappa shape index (κ3) is 1.75. The summed E-state index contributed by atoms with van der Waals surface area (Å²) < 4.78 is 1.74. The fourth-order valence-electron chi connectivity index (χ4n) is 1.47. The lowest BCUT2D eigenvalue weighted by Crippen LogP contribution is -1.94. The van der Waals surface area contributed by atoms with Crippen LogP contribution in [0.3, 0.4) is 0 Å². The highest BCUT2D eigenvalue weighted by atomic mass is 15.3. The Morgan fingerprint density at radius 2 is 2.13 bits per heavy atom. The minimum atomic E-state index is 0.622. The van der Waals surface area contributed by atoms with Gasteiger partial charge in [-0.2, -0.15) is 10.4 Å². The van der Waals surface area contributed by atoms with Gasteiger partial charge in [0.1, 0.15) is 6.07 Å². The molecule has 3 nitrogen and oxygen atoms in total. The SMILES string of the molecule is Cc1cccc(-n2cc(C#N)c(C)n2)c1. The van der Waals surface area contributed by atoms with Gasteiger partial charge in [-0.25, -0.2) is 4.68 Å². The molecule has 2 rings (SSSR count). The number of benzene rings is 1. The second kappa shape index (κ2) is 3.58. The molecule has 74 valence electrons. The summed E-state index contributed by atoms with van der Waals surface area (Å²) in [6.07, 6.45) is 1.75. The first kappa shape index (κ1) is 9.47. The summed E-state index contributed by atoms with van der Waals surface area (Å²) in [6.45, 7) is 3.87. The summed E-state index contributed by atoms with van der Waals surface area (Å²) in [5, 5.41) is 13.1. The van der Waals surface area contributed by atoms with Gasteiger partial charge in [0.2, 0.25) is 0 Å². The van der Waals surface area contributed by atoms with E-state index in [-0.39, 0.29) is 0 Å². The van der Waals surface area contributed by atoms with Crippen LogP contribution >= 0.6 is 0 Å². The number of nitriles is 1. The average molecular weight is 197 g/mol. The van der Waals surface area contributed by atoms with Crippen LogP contribution in [-0.4, -0.2) is 9.78 Å². The summed E-state index contributed by atoms with van der Waals surface area (Å²) in [5.74, 6) is 0. The fraction of sp³-hybridized carbons (Fsp3) is 0.167. The molecule has 15 heavy (non-hydrogen) atoms. The normalized spacial score (nSPS) is 9.93. The second-order valence-corrected chi connectivity index (χ2v) is 3.52. The predicted molar refractivity (Wildman–Crippen MR) is 57.8 cm³/mol. The van der Waals surface area contributed by atoms with E-state index >= 15 is 0 Å². The standard InChI is InChI=1S/C12H11N3/c1-9-4-3-5-12(6-9)15-8-11(7-13)10(2)14-15/h3-6,8H,1-2H3. The van der Waals surface area contributed by atoms with Crippen molar-refractivity contribution in [3.63, 3.8) is 0 Å². The number of nitrogens with zero attached hydrogens (tertiary/aromatic N) is 3. The Kier molecular flexibility index (Phi) is 2.26. The van der Waals surface area contributed by atoms with Gasteiger partial charge < -0.3 is 0 Å². The molecule has 0 bridgehead atoms. The minimum absolute atomic E-state index is 0.622. The Morgan fingerprint density at radius 3 is 2.73 bits per heavy atom. The molecule has 1 aromatic heterocycles. The molecule has 0 aliphatic carbocycles. The molecular weight excluding hydrogens is 186 g/mol. The summed E-state index contributed by atoms with van der Waals surface area (Å²) in [4.78, 5) is 0. The van der Waals surface area contributed by atoms with E-state index in [2.05, 4.69) is 11.2 Å². The Hall–Kier alpha value is -2.08. The van der Waals surface area contributed by atoms with E-state index in [0.29, 0.717) is 5.56 Å². The van der Waals surface area contributed by atoms with E-state index in [1.54, 1.807) is 10.9 Å². The fourth-order valence-corrected chi connectivity index (χ4v) is 1.47. The summed E-state index contributed by atoms with van der Waals surface area (Å²) in [6, 6.07) is 10.1. The molecule has 2 aromatic rings. The summed E-state index contributed by atoms with van der Waals surface area (Å²) in [7, 11) is 0. The van der Waals surface area contributed by atoms with E-state index in [1.807, 2.05) is 38.1 Å². The first-order valence-corrected chi connectivity index (χ1v) is 4.74. The maximum Gasteiger partial charge on any atom is 0.103 e. The molecule has 1 aromatic carbocycles. The van der Waals surface area contributed by atoms with Crippen LogP contribution in [0, 0.1) is 25.2 Å². The van der Waals surface area contributed by atoms with E-state index < -0.39 is 0 Å². The molecule has 1 heterocycles. The molecule has 0 aliphatic heterocycles. The molecule has 0 amide bonds. The van der Waals surface area contributed by atoms with E-state index in [9.17, 15) is 0 Å². The number of aromatic nitrogens is 2. The lowest BCUT2D eigenvalue weighted by Gasteiger charge is -2.01. The molecule has 0 radical (unpaired) electrons. The molecule has 0 spiro atoms. The van der Waals surface area contributed by atoms with Crippen molar-refractivity contribution in [2.45, 2.75) is 13.8 Å². The highest BCUT2D eigenvalue weighted by Gasteiger charge is 2.04. The molecule has 0 saturated carbocycles. The smallest absolute Gasteiger partial charge is 0.103 e. The van der Waals surface area contributed by atoms with Gasteiger partial charge in [-0.05, 0) is 31.5 Å². The van der Waals surface area contributed by atoms with E-state index in [0.717, 1.165) is 11.4 Å². The zero-order valence-corrected chi connectivity index (χ0v) is 8.73. The van der Waals surface area contributed by atoms with Crippen molar-refractivity contribution in [2.24, 2.45) is 0 Å². The largest absolute Gasteiger partial charge is 0.239 e. The third-order valence-corrected chi connectivity index (χ3v) is 2.29. The van der Waals surface area contributed by atoms with Crippen molar-refractivity contribution in [3.8, 4) is 11.8 Å². The van der Waals surface area contributed by atoms with Gasteiger partial charge >= 0.3 is 0 Å². The topological polar surface area (TPSA) is 41.6 Å². The summed E-state index contributed by atoms with van der Waals surface area (Å²) in [5.41, 5.74) is 3.55. The van der Waals surface area contributed by atoms with Crippen molar-refractivity contribution < 1.29 is 0 Å². The molecule has 0 unspecified atom stereocenters. The molecule has 3 heteroatoms. The van der Waals surface area contributed by atoms with E-state index in [1.165, 1.54) is 5.56 Å². The average Bonchev–Trinajstić information content (AvgIpc) is 2.60. The third-order valence-electron chi connectivity index (χ3n) is 2.29. The molecule has 0 N–H and O–H groups in total. The van der Waals surface area contributed by atoms with Crippen LogP contribution in [0.2, 0.25) is 0 Å². The van der Waals surface area contributed by atoms with E-state index in [4.69, 9.17) is 5.26 Å². The van der Waals surface area contributed by atoms with Crippen molar-refractivity contribution in [1.29, 1.82) is 5.26 Å². The lowest BCUT2D eigenvalue weighted by atomic mass is 10.2. The molecule has 0 fully saturated rings. The highest BCUT2D eigenvalue weighted by molar-refractivity contribution is 5.38. The maximum absolute atomic E-state index is 8.83. The van der Waals surface area contributed by atoms with Gasteiger partial charge in [-0.3, -0.25) is 0 Å². The lowest BCUT2D eigenvalue weighted by molar-refractivity contribution is 0.861. The van der Waals surface area contributed by atoms with Crippen molar-refractivity contribution in [1.82, 2.24) is 9.78 Å². The quantitative estimate of drug-likeness (QED) is 0.704. The van der Waals surface area contributed by atoms with Gasteiger partial charge in [0.25, 0.3) is 0 Å². The van der Waals surface area contributed by atoms with Crippen molar-refractivity contribution >= 4 is 0 Å². The van der Waals surface area contributed by atoms with Crippen LogP contribution in [0.5, 0.6) is 0 Å². The minimum Gasteiger partial charge on any atom is -0.239 e.